The number of nitrogens with one attached hydrogen (secondary N) is 2. The molecule has 3 N–H and O–H groups in total. The molecule has 2 aliphatic heterocycles. The van der Waals surface area contributed by atoms with E-state index < -0.39 is 11.5 Å². The average molecular weight is 541 g/mol. The lowest BCUT2D eigenvalue weighted by atomic mass is 9.85. The van der Waals surface area contributed by atoms with Crippen LogP contribution in [-0.4, -0.2) is 70.1 Å². The Balaban J connectivity index is 1.55. The van der Waals surface area contributed by atoms with Crippen molar-refractivity contribution in [3.05, 3.63) is 70.5 Å². The van der Waals surface area contributed by atoms with Crippen LogP contribution in [-0.2, 0) is 0 Å². The first-order valence-electron chi connectivity index (χ1n) is 13.3. The molecule has 0 radical (unpaired) electrons. The number of anilines is 2. The minimum Gasteiger partial charge on any atom is -0.477 e. The Labute approximate surface area is 228 Å². The van der Waals surface area contributed by atoms with Crippen LogP contribution in [0.15, 0.2) is 53.6 Å². The van der Waals surface area contributed by atoms with Gasteiger partial charge in [0.1, 0.15) is 17.0 Å². The van der Waals surface area contributed by atoms with Crippen molar-refractivity contribution in [2.45, 2.75) is 19.4 Å². The van der Waals surface area contributed by atoms with Crippen molar-refractivity contribution >= 4 is 44.8 Å². The zero-order valence-corrected chi connectivity index (χ0v) is 22.5. The molecule has 204 valence electrons. The van der Waals surface area contributed by atoms with Crippen LogP contribution < -0.4 is 15.8 Å². The van der Waals surface area contributed by atoms with Gasteiger partial charge in [-0.2, -0.15) is 0 Å². The molecule has 0 spiro atoms. The average Bonchev–Trinajstić information content (AvgIpc) is 3.54. The maximum atomic E-state index is 14.9. The van der Waals surface area contributed by atoms with Gasteiger partial charge in [-0.05, 0) is 43.8 Å². The summed E-state index contributed by atoms with van der Waals surface area (Å²) in [4.78, 5) is 37.7. The van der Waals surface area contributed by atoms with E-state index in [-0.39, 0.29) is 22.8 Å². The quantitative estimate of drug-likeness (QED) is 0.310. The molecular weight excluding hydrogens is 511 g/mol. The second kappa shape index (κ2) is 8.53. The normalized spacial score (nSPS) is 21.1. The molecular formula is C30H29FN6O3. The Kier molecular flexibility index (Phi) is 5.24. The lowest BCUT2D eigenvalue weighted by molar-refractivity contribution is 0.0694. The second-order valence-electron chi connectivity index (χ2n) is 11.4. The van der Waals surface area contributed by atoms with Crippen LogP contribution in [0.5, 0.6) is 0 Å². The van der Waals surface area contributed by atoms with E-state index in [1.165, 1.54) is 16.5 Å². The van der Waals surface area contributed by atoms with Gasteiger partial charge in [-0.3, -0.25) is 9.20 Å². The molecule has 40 heavy (non-hydrogen) atoms. The highest BCUT2D eigenvalue weighted by atomic mass is 19.1. The second-order valence-corrected chi connectivity index (χ2v) is 11.4. The number of likely N-dealkylation sites (tertiary alicyclic amines) is 1. The van der Waals surface area contributed by atoms with Gasteiger partial charge in [-0.15, -0.1) is 0 Å². The minimum absolute atomic E-state index is 0.103. The summed E-state index contributed by atoms with van der Waals surface area (Å²) >= 11 is 0. The summed E-state index contributed by atoms with van der Waals surface area (Å²) in [5.74, 6) is -1.61. The van der Waals surface area contributed by atoms with Gasteiger partial charge in [0, 0.05) is 72.6 Å². The van der Waals surface area contributed by atoms with E-state index in [9.17, 15) is 19.1 Å². The van der Waals surface area contributed by atoms with Crippen molar-refractivity contribution in [1.82, 2.24) is 19.3 Å². The zero-order chi connectivity index (χ0) is 27.9. The maximum absolute atomic E-state index is 14.9. The molecule has 2 aliphatic rings. The highest BCUT2D eigenvalue weighted by molar-refractivity contribution is 6.17. The van der Waals surface area contributed by atoms with Crippen molar-refractivity contribution < 1.29 is 14.3 Å². The molecule has 9 nitrogen and oxygen atoms in total. The SMILES string of the molecule is CNc1cc(F)cc2c1[nH]c1ncc(-c3ccc4ccc(C(=O)O)c(=O)n4c3)c(N3CCC4(C)CN(C)CC34)c12. The summed E-state index contributed by atoms with van der Waals surface area (Å²) in [6.45, 7) is 5.06. The predicted octanol–water partition coefficient (Wildman–Crippen LogP) is 4.41. The molecule has 1 aromatic carbocycles. The van der Waals surface area contributed by atoms with Crippen molar-refractivity contribution in [2.75, 3.05) is 43.9 Å². The molecule has 10 heteroatoms. The largest absolute Gasteiger partial charge is 0.477 e. The van der Waals surface area contributed by atoms with Crippen LogP contribution in [0.1, 0.15) is 23.7 Å². The molecule has 4 aromatic heterocycles. The lowest BCUT2D eigenvalue weighted by Crippen LogP contribution is -2.38. The standard InChI is InChI=1S/C30H29FN6O3/c1-30-8-9-36(23(30)14-35(3)15-30)26-21(16-4-5-18-6-7-19(29(39)40)28(38)37(18)13-16)12-33-27-24(26)20-10-17(31)11-22(32-2)25(20)34-27/h4-7,10-13,23,32H,8-9,14-15H2,1-3H3,(H,33,34)(H,39,40). The van der Waals surface area contributed by atoms with Crippen LogP contribution in [0, 0.1) is 11.2 Å². The molecule has 2 saturated heterocycles. The fourth-order valence-electron chi connectivity index (χ4n) is 6.95. The summed E-state index contributed by atoms with van der Waals surface area (Å²) in [7, 11) is 3.90. The number of carboxylic acid groups (broad SMARTS) is 1. The van der Waals surface area contributed by atoms with E-state index in [0.29, 0.717) is 16.9 Å². The molecule has 0 saturated carbocycles. The van der Waals surface area contributed by atoms with E-state index >= 15 is 0 Å². The molecule has 0 amide bonds. The van der Waals surface area contributed by atoms with Gasteiger partial charge in [0.25, 0.3) is 5.56 Å². The molecule has 2 unspecified atom stereocenters. The number of hydrogen-bond acceptors (Lipinski definition) is 6. The van der Waals surface area contributed by atoms with E-state index in [2.05, 4.69) is 34.1 Å². The fraction of sp³-hybridized carbons (Fsp3) is 0.300. The van der Waals surface area contributed by atoms with E-state index in [4.69, 9.17) is 4.98 Å². The number of H-pyrrole nitrogens is 1. The number of fused-ring (bicyclic) bond motifs is 5. The summed E-state index contributed by atoms with van der Waals surface area (Å²) in [6, 6.07) is 9.94. The van der Waals surface area contributed by atoms with Gasteiger partial charge in [-0.25, -0.2) is 14.2 Å². The highest BCUT2D eigenvalue weighted by Gasteiger charge is 2.50. The van der Waals surface area contributed by atoms with Crippen molar-refractivity contribution in [2.24, 2.45) is 5.41 Å². The van der Waals surface area contributed by atoms with Gasteiger partial charge in [0.05, 0.1) is 22.3 Å². The number of pyridine rings is 3. The molecule has 0 bridgehead atoms. The third kappa shape index (κ3) is 3.45. The first-order valence-corrected chi connectivity index (χ1v) is 13.3. The van der Waals surface area contributed by atoms with Crippen molar-refractivity contribution in [3.63, 3.8) is 0 Å². The number of hydrogen-bond donors (Lipinski definition) is 3. The first kappa shape index (κ1) is 24.6. The van der Waals surface area contributed by atoms with Crippen LogP contribution in [0.4, 0.5) is 15.8 Å². The molecule has 2 fully saturated rings. The fourth-order valence-corrected chi connectivity index (χ4v) is 6.95. The third-order valence-electron chi connectivity index (χ3n) is 8.84. The Morgan fingerprint density at radius 2 is 2.05 bits per heavy atom. The number of halogens is 1. The van der Waals surface area contributed by atoms with Gasteiger partial charge >= 0.3 is 5.97 Å². The van der Waals surface area contributed by atoms with Gasteiger partial charge in [0.2, 0.25) is 0 Å². The number of benzene rings is 1. The number of carboxylic acids is 1. The number of aromatic carboxylic acids is 1. The number of nitrogens with zero attached hydrogens (tertiary/aromatic N) is 4. The first-order chi connectivity index (χ1) is 19.2. The minimum atomic E-state index is -1.27. The monoisotopic (exact) mass is 540 g/mol. The molecule has 6 heterocycles. The zero-order valence-electron chi connectivity index (χ0n) is 22.5. The summed E-state index contributed by atoms with van der Waals surface area (Å²) in [5.41, 5.74) is 4.34. The smallest absolute Gasteiger partial charge is 0.341 e. The van der Waals surface area contributed by atoms with Gasteiger partial charge in [-0.1, -0.05) is 13.0 Å². The number of rotatable bonds is 4. The predicted molar refractivity (Wildman–Crippen MR) is 154 cm³/mol. The van der Waals surface area contributed by atoms with E-state index in [1.54, 1.807) is 31.6 Å². The summed E-state index contributed by atoms with van der Waals surface area (Å²) in [6.07, 6.45) is 4.49. The van der Waals surface area contributed by atoms with Gasteiger partial charge in [0.15, 0.2) is 0 Å². The van der Waals surface area contributed by atoms with Crippen molar-refractivity contribution in [1.29, 1.82) is 0 Å². The topological polar surface area (TPSA) is 106 Å². The van der Waals surface area contributed by atoms with Crippen LogP contribution in [0.25, 0.3) is 38.6 Å². The van der Waals surface area contributed by atoms with Crippen LogP contribution in [0.3, 0.4) is 0 Å². The molecule has 0 aliphatic carbocycles. The third-order valence-corrected chi connectivity index (χ3v) is 8.84. The Hall–Kier alpha value is -4.44. The summed E-state index contributed by atoms with van der Waals surface area (Å²) < 4.78 is 16.3. The number of aromatic amines is 1. The van der Waals surface area contributed by atoms with Crippen LogP contribution >= 0.6 is 0 Å². The summed E-state index contributed by atoms with van der Waals surface area (Å²) in [5, 5.41) is 14.2. The Morgan fingerprint density at radius 3 is 2.83 bits per heavy atom. The Bertz CT molecular complexity index is 1930. The van der Waals surface area contributed by atoms with Gasteiger partial charge < -0.3 is 25.2 Å². The van der Waals surface area contributed by atoms with E-state index in [1.807, 2.05) is 12.1 Å². The lowest BCUT2D eigenvalue weighted by Gasteiger charge is -2.32. The van der Waals surface area contributed by atoms with E-state index in [0.717, 1.165) is 59.2 Å². The van der Waals surface area contributed by atoms with Crippen LogP contribution in [0.2, 0.25) is 0 Å². The molecule has 5 aromatic rings. The highest BCUT2D eigenvalue weighted by Crippen LogP contribution is 2.49. The maximum Gasteiger partial charge on any atom is 0.341 e. The number of likely N-dealkylation sites (N-methyl/N-ethyl adjacent to an activating group) is 1. The Morgan fingerprint density at radius 1 is 1.25 bits per heavy atom. The molecule has 7 rings (SSSR count). The molecule has 2 atom stereocenters. The number of carbonyl (C=O) groups is 1. The van der Waals surface area contributed by atoms with Crippen molar-refractivity contribution in [3.8, 4) is 11.1 Å². The number of aromatic nitrogens is 3.